The second kappa shape index (κ2) is 6.00. The van der Waals surface area contributed by atoms with E-state index < -0.39 is 25.0 Å². The molecule has 17 heavy (non-hydrogen) atoms. The van der Waals surface area contributed by atoms with E-state index >= 15 is 0 Å². The maximum atomic E-state index is 12.0. The van der Waals surface area contributed by atoms with Crippen molar-refractivity contribution in [2.24, 2.45) is 0 Å². The Morgan fingerprint density at radius 3 is 2.24 bits per heavy atom. The number of benzene rings is 1. The normalized spacial score (nSPS) is 15.6. The lowest BCUT2D eigenvalue weighted by Crippen LogP contribution is -2.42. The number of rotatable bonds is 5. The minimum atomic E-state index is -4.84. The van der Waals surface area contributed by atoms with Crippen LogP contribution in [-0.2, 0) is 11.3 Å². The van der Waals surface area contributed by atoms with Crippen molar-refractivity contribution >= 4 is 0 Å². The summed E-state index contributed by atoms with van der Waals surface area (Å²) in [5.41, 5.74) is 0.779. The van der Waals surface area contributed by atoms with Crippen LogP contribution in [-0.4, -0.2) is 35.2 Å². The first-order valence-corrected chi connectivity index (χ1v) is 4.96. The molecule has 1 aromatic rings. The molecule has 0 aliphatic heterocycles. The van der Waals surface area contributed by atoms with Crippen LogP contribution < -0.4 is 0 Å². The summed E-state index contributed by atoms with van der Waals surface area (Å²) in [7, 11) is 0. The molecule has 0 aliphatic rings. The molecule has 0 spiro atoms. The second-order valence-electron chi connectivity index (χ2n) is 3.55. The minimum absolute atomic E-state index is 0.0858. The highest BCUT2D eigenvalue weighted by atomic mass is 19.4. The SMILES string of the molecule is O[C@H](COCc1ccccc1)[C@H](O)C(F)(F)F. The number of hydrogen-bond acceptors (Lipinski definition) is 3. The molecule has 96 valence electrons. The Kier molecular flexibility index (Phi) is 4.92. The first-order valence-electron chi connectivity index (χ1n) is 4.96. The van der Waals surface area contributed by atoms with Gasteiger partial charge in [-0.15, -0.1) is 0 Å². The van der Waals surface area contributed by atoms with Crippen LogP contribution in [0, 0.1) is 0 Å². The van der Waals surface area contributed by atoms with Crippen molar-refractivity contribution in [1.82, 2.24) is 0 Å². The van der Waals surface area contributed by atoms with Gasteiger partial charge in [-0.05, 0) is 5.56 Å². The van der Waals surface area contributed by atoms with Crippen molar-refractivity contribution < 1.29 is 28.1 Å². The van der Waals surface area contributed by atoms with E-state index in [9.17, 15) is 13.2 Å². The highest BCUT2D eigenvalue weighted by Gasteiger charge is 2.43. The number of hydrogen-bond donors (Lipinski definition) is 2. The molecule has 0 unspecified atom stereocenters. The fraction of sp³-hybridized carbons (Fsp3) is 0.455. The summed E-state index contributed by atoms with van der Waals surface area (Å²) in [5, 5.41) is 17.7. The maximum absolute atomic E-state index is 12.0. The number of alkyl halides is 3. The summed E-state index contributed by atoms with van der Waals surface area (Å²) in [6.45, 7) is -0.488. The van der Waals surface area contributed by atoms with Crippen LogP contribution in [0.4, 0.5) is 13.2 Å². The lowest BCUT2D eigenvalue weighted by molar-refractivity contribution is -0.235. The van der Waals surface area contributed by atoms with Gasteiger partial charge in [0.25, 0.3) is 0 Å². The number of aliphatic hydroxyl groups is 2. The third-order valence-electron chi connectivity index (χ3n) is 2.10. The van der Waals surface area contributed by atoms with Crippen molar-refractivity contribution in [1.29, 1.82) is 0 Å². The van der Waals surface area contributed by atoms with Crippen LogP contribution in [0.2, 0.25) is 0 Å². The molecular weight excluding hydrogens is 237 g/mol. The van der Waals surface area contributed by atoms with Crippen LogP contribution in [0.3, 0.4) is 0 Å². The molecule has 0 aliphatic carbocycles. The molecule has 3 nitrogen and oxygen atoms in total. The molecule has 6 heteroatoms. The molecule has 0 heterocycles. The zero-order valence-corrected chi connectivity index (χ0v) is 8.89. The predicted molar refractivity (Wildman–Crippen MR) is 54.2 cm³/mol. The lowest BCUT2D eigenvalue weighted by atomic mass is 10.2. The monoisotopic (exact) mass is 250 g/mol. The Morgan fingerprint density at radius 2 is 1.71 bits per heavy atom. The Hall–Kier alpha value is -1.11. The second-order valence-corrected chi connectivity index (χ2v) is 3.55. The molecule has 1 rings (SSSR count). The van der Waals surface area contributed by atoms with Gasteiger partial charge in [0, 0.05) is 0 Å². The molecule has 0 bridgehead atoms. The maximum Gasteiger partial charge on any atom is 0.416 e. The van der Waals surface area contributed by atoms with Crippen molar-refractivity contribution in [2.75, 3.05) is 6.61 Å². The highest BCUT2D eigenvalue weighted by molar-refractivity contribution is 5.13. The summed E-state index contributed by atoms with van der Waals surface area (Å²) >= 11 is 0. The number of aliphatic hydroxyl groups excluding tert-OH is 2. The molecule has 0 saturated carbocycles. The van der Waals surface area contributed by atoms with Crippen LogP contribution >= 0.6 is 0 Å². The summed E-state index contributed by atoms with van der Waals surface area (Å²) in [5.74, 6) is 0. The molecule has 1 aromatic carbocycles. The van der Waals surface area contributed by atoms with Gasteiger partial charge in [-0.25, -0.2) is 0 Å². The first kappa shape index (κ1) is 14.0. The van der Waals surface area contributed by atoms with E-state index in [0.717, 1.165) is 5.56 Å². The average Bonchev–Trinajstić information content (AvgIpc) is 2.28. The molecular formula is C11H13F3O3. The Balaban J connectivity index is 2.32. The zero-order valence-electron chi connectivity index (χ0n) is 8.89. The predicted octanol–water partition coefficient (Wildman–Crippen LogP) is 1.49. The Bertz CT molecular complexity index is 326. The van der Waals surface area contributed by atoms with Gasteiger partial charge in [-0.1, -0.05) is 30.3 Å². The summed E-state index contributed by atoms with van der Waals surface area (Å²) in [4.78, 5) is 0. The van der Waals surface area contributed by atoms with Crippen molar-refractivity contribution in [3.8, 4) is 0 Å². The lowest BCUT2D eigenvalue weighted by Gasteiger charge is -2.20. The van der Waals surface area contributed by atoms with Crippen molar-refractivity contribution in [2.45, 2.75) is 25.0 Å². The quantitative estimate of drug-likeness (QED) is 0.832. The molecule has 2 atom stereocenters. The topological polar surface area (TPSA) is 49.7 Å². The molecule has 2 N–H and O–H groups in total. The van der Waals surface area contributed by atoms with E-state index in [0.29, 0.717) is 0 Å². The molecule has 0 fully saturated rings. The largest absolute Gasteiger partial charge is 0.416 e. The van der Waals surface area contributed by atoms with Crippen LogP contribution in [0.15, 0.2) is 30.3 Å². The number of ether oxygens (including phenoxy) is 1. The van der Waals surface area contributed by atoms with Crippen molar-refractivity contribution in [3.63, 3.8) is 0 Å². The van der Waals surface area contributed by atoms with Gasteiger partial charge in [-0.2, -0.15) is 13.2 Å². The third kappa shape index (κ3) is 4.72. The van der Waals surface area contributed by atoms with E-state index in [4.69, 9.17) is 14.9 Å². The van der Waals surface area contributed by atoms with Gasteiger partial charge in [0.15, 0.2) is 6.10 Å². The van der Waals surface area contributed by atoms with Gasteiger partial charge < -0.3 is 14.9 Å². The van der Waals surface area contributed by atoms with Gasteiger partial charge in [0.2, 0.25) is 0 Å². The van der Waals surface area contributed by atoms with Gasteiger partial charge in [0.1, 0.15) is 6.10 Å². The first-order chi connectivity index (χ1) is 7.91. The van der Waals surface area contributed by atoms with Crippen LogP contribution in [0.25, 0.3) is 0 Å². The van der Waals surface area contributed by atoms with E-state index in [-0.39, 0.29) is 6.61 Å². The zero-order chi connectivity index (χ0) is 12.9. The van der Waals surface area contributed by atoms with E-state index in [1.807, 2.05) is 0 Å². The minimum Gasteiger partial charge on any atom is -0.388 e. The third-order valence-corrected chi connectivity index (χ3v) is 2.10. The van der Waals surface area contributed by atoms with Gasteiger partial charge in [0.05, 0.1) is 13.2 Å². The average molecular weight is 250 g/mol. The van der Waals surface area contributed by atoms with Gasteiger partial charge >= 0.3 is 6.18 Å². The fourth-order valence-corrected chi connectivity index (χ4v) is 1.18. The van der Waals surface area contributed by atoms with Crippen LogP contribution in [0.1, 0.15) is 5.56 Å². The highest BCUT2D eigenvalue weighted by Crippen LogP contribution is 2.22. The smallest absolute Gasteiger partial charge is 0.388 e. The summed E-state index contributed by atoms with van der Waals surface area (Å²) in [6, 6.07) is 8.81. The van der Waals surface area contributed by atoms with E-state index in [1.54, 1.807) is 30.3 Å². The van der Waals surface area contributed by atoms with E-state index in [2.05, 4.69) is 0 Å². The van der Waals surface area contributed by atoms with Crippen LogP contribution in [0.5, 0.6) is 0 Å². The summed E-state index contributed by atoms with van der Waals surface area (Å²) < 4.78 is 40.8. The van der Waals surface area contributed by atoms with Crippen molar-refractivity contribution in [3.05, 3.63) is 35.9 Å². The molecule has 0 saturated heterocycles. The van der Waals surface area contributed by atoms with E-state index in [1.165, 1.54) is 0 Å². The number of halogens is 3. The Morgan fingerprint density at radius 1 is 1.12 bits per heavy atom. The molecule has 0 amide bonds. The molecule has 0 aromatic heterocycles. The standard InChI is InChI=1S/C11H13F3O3/c12-11(13,14)10(16)9(15)7-17-6-8-4-2-1-3-5-8/h1-5,9-10,15-16H,6-7H2/t9-,10+/m1/s1. The Labute approximate surface area is 96.5 Å². The fourth-order valence-electron chi connectivity index (χ4n) is 1.18. The van der Waals surface area contributed by atoms with Gasteiger partial charge in [-0.3, -0.25) is 0 Å². The summed E-state index contributed by atoms with van der Waals surface area (Å²) in [6.07, 6.45) is -9.59. The molecule has 0 radical (unpaired) electrons.